The fourth-order valence-electron chi connectivity index (χ4n) is 1.82. The average molecular weight is 338 g/mol. The van der Waals surface area contributed by atoms with E-state index in [1.165, 1.54) is 18.0 Å². The molecule has 0 fully saturated rings. The summed E-state index contributed by atoms with van der Waals surface area (Å²) in [5.74, 6) is 0. The van der Waals surface area contributed by atoms with Crippen LogP contribution in [-0.4, -0.2) is 27.8 Å². The molecule has 1 aliphatic heterocycles. The number of thioether (sulfide) groups is 1. The van der Waals surface area contributed by atoms with Crippen molar-refractivity contribution in [1.82, 2.24) is 5.32 Å². The number of hydrogen-bond donors (Lipinski definition) is 1. The van der Waals surface area contributed by atoms with Crippen molar-refractivity contribution >= 4 is 44.8 Å². The maximum Gasteiger partial charge on any atom is 0.172 e. The number of sulfone groups is 1. The lowest BCUT2D eigenvalue weighted by molar-refractivity contribution is 0.601. The van der Waals surface area contributed by atoms with Crippen LogP contribution >= 0.6 is 35.0 Å². The van der Waals surface area contributed by atoms with Crippen LogP contribution in [0.15, 0.2) is 32.9 Å². The summed E-state index contributed by atoms with van der Waals surface area (Å²) in [6.07, 6.45) is 1.76. The summed E-state index contributed by atoms with van der Waals surface area (Å²) < 4.78 is 23.6. The van der Waals surface area contributed by atoms with E-state index >= 15 is 0 Å². The zero-order chi connectivity index (χ0) is 14.0. The number of rotatable bonds is 3. The predicted octanol–water partition coefficient (Wildman–Crippen LogP) is 3.34. The fourth-order valence-corrected chi connectivity index (χ4v) is 4.83. The van der Waals surface area contributed by atoms with E-state index in [1.807, 2.05) is 6.07 Å². The second-order valence-corrected chi connectivity index (χ2v) is 8.16. The summed E-state index contributed by atoms with van der Waals surface area (Å²) in [7, 11) is -3.18. The van der Waals surface area contributed by atoms with Gasteiger partial charge < -0.3 is 5.32 Å². The average Bonchev–Trinajstić information content (AvgIpc) is 2.34. The van der Waals surface area contributed by atoms with Gasteiger partial charge in [-0.3, -0.25) is 0 Å². The van der Waals surface area contributed by atoms with Crippen LogP contribution in [-0.2, 0) is 9.84 Å². The molecule has 0 aliphatic carbocycles. The third-order valence-electron chi connectivity index (χ3n) is 2.72. The van der Waals surface area contributed by atoms with Gasteiger partial charge >= 0.3 is 0 Å². The monoisotopic (exact) mass is 337 g/mol. The number of nitrogens with one attached hydrogen (secondary N) is 1. The zero-order valence-corrected chi connectivity index (χ0v) is 13.4. The Kier molecular flexibility index (Phi) is 4.84. The second kappa shape index (κ2) is 6.06. The third kappa shape index (κ3) is 3.67. The van der Waals surface area contributed by atoms with E-state index in [9.17, 15) is 8.42 Å². The molecule has 1 aliphatic rings. The third-order valence-corrected chi connectivity index (χ3v) is 6.33. The van der Waals surface area contributed by atoms with Gasteiger partial charge in [-0.15, -0.1) is 0 Å². The summed E-state index contributed by atoms with van der Waals surface area (Å²) in [4.78, 5) is 2.05. The Morgan fingerprint density at radius 1 is 1.32 bits per heavy atom. The maximum atomic E-state index is 11.8. The summed E-state index contributed by atoms with van der Waals surface area (Å²) in [6, 6.07) is 5.34. The number of benzene rings is 1. The second-order valence-electron chi connectivity index (χ2n) is 4.20. The lowest BCUT2D eigenvalue weighted by atomic mass is 10.3. The molecule has 0 saturated heterocycles. The smallest absolute Gasteiger partial charge is 0.172 e. The Morgan fingerprint density at radius 2 is 2.05 bits per heavy atom. The maximum absolute atomic E-state index is 11.8. The van der Waals surface area contributed by atoms with Gasteiger partial charge in [0.1, 0.15) is 0 Å². The molecular weight excluding hydrogens is 325 g/mol. The topological polar surface area (TPSA) is 46.2 Å². The number of hydrogen-bond acceptors (Lipinski definition) is 4. The van der Waals surface area contributed by atoms with Crippen molar-refractivity contribution in [3.63, 3.8) is 0 Å². The van der Waals surface area contributed by atoms with Crippen molar-refractivity contribution < 1.29 is 8.42 Å². The van der Waals surface area contributed by atoms with Gasteiger partial charge in [-0.05, 0) is 18.6 Å². The summed E-state index contributed by atoms with van der Waals surface area (Å²) >= 11 is 13.5. The lowest BCUT2D eigenvalue weighted by Crippen LogP contribution is -2.26. The van der Waals surface area contributed by atoms with Crippen LogP contribution < -0.4 is 5.32 Å². The Hall–Kier alpha value is -0.200. The van der Waals surface area contributed by atoms with Gasteiger partial charge in [0.15, 0.2) is 9.84 Å². The molecule has 0 unspecified atom stereocenters. The van der Waals surface area contributed by atoms with Crippen LogP contribution in [0, 0.1) is 0 Å². The summed E-state index contributed by atoms with van der Waals surface area (Å²) in [5, 5.41) is 4.10. The highest BCUT2D eigenvalue weighted by Crippen LogP contribution is 2.39. The van der Waals surface area contributed by atoms with E-state index in [1.54, 1.807) is 12.1 Å². The molecule has 1 aromatic rings. The van der Waals surface area contributed by atoms with E-state index < -0.39 is 9.84 Å². The first-order valence-corrected chi connectivity index (χ1v) is 9.10. The highest BCUT2D eigenvalue weighted by molar-refractivity contribution is 8.04. The lowest BCUT2D eigenvalue weighted by Gasteiger charge is -2.20. The van der Waals surface area contributed by atoms with Crippen molar-refractivity contribution in [2.75, 3.05) is 19.3 Å². The summed E-state index contributed by atoms with van der Waals surface area (Å²) in [6.45, 7) is 1.21. The van der Waals surface area contributed by atoms with Gasteiger partial charge in [0.2, 0.25) is 0 Å². The largest absolute Gasteiger partial charge is 0.312 e. The van der Waals surface area contributed by atoms with E-state index in [-0.39, 0.29) is 0 Å². The molecular formula is C12H13Cl2NO2S2. The van der Waals surface area contributed by atoms with E-state index in [0.717, 1.165) is 9.80 Å². The van der Waals surface area contributed by atoms with Gasteiger partial charge in [0.05, 0.1) is 15.0 Å². The minimum atomic E-state index is -3.18. The van der Waals surface area contributed by atoms with Gasteiger partial charge in [0, 0.05) is 29.1 Å². The Labute approximate surface area is 127 Å². The standard InChI is InChI=1S/C12H13Cl2NO2S2/c1-19(16,17)11-5-6-15-7-10(11)18-9-4-2-3-8(13)12(9)14/h2-4,15H,5-7H2,1H3. The van der Waals surface area contributed by atoms with Crippen molar-refractivity contribution in [1.29, 1.82) is 0 Å². The molecule has 0 atom stereocenters. The highest BCUT2D eigenvalue weighted by atomic mass is 35.5. The molecule has 19 heavy (non-hydrogen) atoms. The minimum Gasteiger partial charge on any atom is -0.312 e. The Balaban J connectivity index is 2.40. The summed E-state index contributed by atoms with van der Waals surface area (Å²) in [5.41, 5.74) is 0. The van der Waals surface area contributed by atoms with E-state index in [0.29, 0.717) is 34.5 Å². The quantitative estimate of drug-likeness (QED) is 0.918. The Bertz CT molecular complexity index is 627. The van der Waals surface area contributed by atoms with E-state index in [2.05, 4.69) is 5.32 Å². The minimum absolute atomic E-state index is 0.458. The first-order valence-electron chi connectivity index (χ1n) is 5.64. The first-order chi connectivity index (χ1) is 8.89. The molecule has 2 rings (SSSR count). The molecule has 3 nitrogen and oxygen atoms in total. The van der Waals surface area contributed by atoms with Crippen LogP contribution in [0.1, 0.15) is 6.42 Å². The highest BCUT2D eigenvalue weighted by Gasteiger charge is 2.22. The van der Waals surface area contributed by atoms with Crippen LogP contribution in [0.3, 0.4) is 0 Å². The molecule has 104 valence electrons. The van der Waals surface area contributed by atoms with Gasteiger partial charge in [-0.1, -0.05) is 41.0 Å². The normalized spacial score (nSPS) is 16.8. The molecule has 0 radical (unpaired) electrons. The molecule has 0 saturated carbocycles. The van der Waals surface area contributed by atoms with Gasteiger partial charge in [0.25, 0.3) is 0 Å². The van der Waals surface area contributed by atoms with Gasteiger partial charge in [-0.2, -0.15) is 0 Å². The number of halogens is 2. The predicted molar refractivity (Wildman–Crippen MR) is 81.7 cm³/mol. The molecule has 1 N–H and O–H groups in total. The molecule has 0 aromatic heterocycles. The zero-order valence-electron chi connectivity index (χ0n) is 10.2. The van der Waals surface area contributed by atoms with Crippen LogP contribution in [0.2, 0.25) is 10.0 Å². The van der Waals surface area contributed by atoms with Gasteiger partial charge in [-0.25, -0.2) is 8.42 Å². The molecule has 0 amide bonds. The van der Waals surface area contributed by atoms with Crippen molar-refractivity contribution in [3.8, 4) is 0 Å². The Morgan fingerprint density at radius 3 is 2.74 bits per heavy atom. The SMILES string of the molecule is CS(=O)(=O)C1=C(Sc2cccc(Cl)c2Cl)CNCC1. The molecule has 1 heterocycles. The molecule has 1 aromatic carbocycles. The molecule has 0 bridgehead atoms. The first kappa shape index (κ1) is 15.2. The van der Waals surface area contributed by atoms with Crippen molar-refractivity contribution in [2.24, 2.45) is 0 Å². The van der Waals surface area contributed by atoms with E-state index in [4.69, 9.17) is 23.2 Å². The van der Waals surface area contributed by atoms with Crippen LogP contribution in [0.4, 0.5) is 0 Å². The van der Waals surface area contributed by atoms with Crippen LogP contribution in [0.25, 0.3) is 0 Å². The molecule has 7 heteroatoms. The van der Waals surface area contributed by atoms with Crippen LogP contribution in [0.5, 0.6) is 0 Å². The van der Waals surface area contributed by atoms with Crippen molar-refractivity contribution in [2.45, 2.75) is 11.3 Å². The fraction of sp³-hybridized carbons (Fsp3) is 0.333. The molecule has 0 spiro atoms. The van der Waals surface area contributed by atoms with Crippen molar-refractivity contribution in [3.05, 3.63) is 38.1 Å².